The molecule has 2 nitrogen and oxygen atoms in total. The summed E-state index contributed by atoms with van der Waals surface area (Å²) in [6, 6.07) is 6.46. The van der Waals surface area contributed by atoms with Crippen LogP contribution in [0.15, 0.2) is 36.7 Å². The molecule has 0 amide bonds. The van der Waals surface area contributed by atoms with Gasteiger partial charge in [0.1, 0.15) is 5.82 Å². The Bertz CT molecular complexity index is 427. The number of rotatable bonds is 2. The summed E-state index contributed by atoms with van der Waals surface area (Å²) in [5.74, 6) is -0.205. The minimum Gasteiger partial charge on any atom is -0.267 e. The van der Waals surface area contributed by atoms with Gasteiger partial charge in [0.25, 0.3) is 0 Å². The van der Waals surface area contributed by atoms with Crippen molar-refractivity contribution in [2.45, 2.75) is 6.54 Å². The first-order valence-electron chi connectivity index (χ1n) is 4.16. The SMILES string of the molecule is Cl.Fc1ccc(Cn2cc(I)cn2)cc1. The number of aromatic nitrogens is 2. The van der Waals surface area contributed by atoms with Crippen LogP contribution in [0.1, 0.15) is 5.56 Å². The average Bonchev–Trinajstić information content (AvgIpc) is 2.56. The zero-order valence-corrected chi connectivity index (χ0v) is 10.7. The molecule has 5 heteroatoms. The Balaban J connectivity index is 0.00000112. The second kappa shape index (κ2) is 5.46. The fraction of sp³-hybridized carbons (Fsp3) is 0.100. The van der Waals surface area contributed by atoms with Crippen LogP contribution >= 0.6 is 35.0 Å². The van der Waals surface area contributed by atoms with Crippen molar-refractivity contribution in [3.63, 3.8) is 0 Å². The Morgan fingerprint density at radius 3 is 2.47 bits per heavy atom. The van der Waals surface area contributed by atoms with E-state index in [0.29, 0.717) is 6.54 Å². The van der Waals surface area contributed by atoms with Crippen LogP contribution in [0.5, 0.6) is 0 Å². The molecule has 2 rings (SSSR count). The molecule has 0 radical (unpaired) electrons. The quantitative estimate of drug-likeness (QED) is 0.770. The van der Waals surface area contributed by atoms with E-state index in [0.717, 1.165) is 9.13 Å². The van der Waals surface area contributed by atoms with Crippen LogP contribution in [-0.2, 0) is 6.54 Å². The van der Waals surface area contributed by atoms with E-state index in [4.69, 9.17) is 0 Å². The van der Waals surface area contributed by atoms with Crippen molar-refractivity contribution in [3.8, 4) is 0 Å². The molecule has 0 saturated heterocycles. The second-order valence-corrected chi connectivity index (χ2v) is 4.23. The zero-order chi connectivity index (χ0) is 9.97. The summed E-state index contributed by atoms with van der Waals surface area (Å²) < 4.78 is 15.5. The Kier molecular flexibility index (Phi) is 4.53. The van der Waals surface area contributed by atoms with Gasteiger partial charge in [-0.3, -0.25) is 4.68 Å². The molecule has 0 bridgehead atoms. The monoisotopic (exact) mass is 338 g/mol. The highest BCUT2D eigenvalue weighted by molar-refractivity contribution is 14.1. The molecule has 1 heterocycles. The predicted molar refractivity (Wildman–Crippen MR) is 67.7 cm³/mol. The van der Waals surface area contributed by atoms with Crippen molar-refractivity contribution in [1.29, 1.82) is 0 Å². The molecule has 0 spiro atoms. The van der Waals surface area contributed by atoms with E-state index >= 15 is 0 Å². The molecule has 0 aliphatic heterocycles. The van der Waals surface area contributed by atoms with Gasteiger partial charge in [-0.05, 0) is 40.3 Å². The maximum absolute atomic E-state index is 12.6. The molecule has 0 unspecified atom stereocenters. The fourth-order valence-electron chi connectivity index (χ4n) is 1.20. The summed E-state index contributed by atoms with van der Waals surface area (Å²) in [6.45, 7) is 0.684. The topological polar surface area (TPSA) is 17.8 Å². The van der Waals surface area contributed by atoms with Crippen LogP contribution in [0.3, 0.4) is 0 Å². The lowest BCUT2D eigenvalue weighted by atomic mass is 10.2. The molecular weight excluding hydrogens is 329 g/mol. The van der Waals surface area contributed by atoms with Gasteiger partial charge in [-0.25, -0.2) is 4.39 Å². The molecule has 0 aliphatic carbocycles. The third-order valence-corrected chi connectivity index (χ3v) is 2.42. The first-order chi connectivity index (χ1) is 6.74. The van der Waals surface area contributed by atoms with Crippen molar-refractivity contribution < 1.29 is 4.39 Å². The van der Waals surface area contributed by atoms with E-state index < -0.39 is 0 Å². The lowest BCUT2D eigenvalue weighted by Crippen LogP contribution is -1.99. The van der Waals surface area contributed by atoms with Gasteiger partial charge in [0.2, 0.25) is 0 Å². The summed E-state index contributed by atoms with van der Waals surface area (Å²) in [5, 5.41) is 4.15. The van der Waals surface area contributed by atoms with Crippen molar-refractivity contribution in [2.75, 3.05) is 0 Å². The lowest BCUT2D eigenvalue weighted by Gasteiger charge is -2.00. The van der Waals surface area contributed by atoms with E-state index in [1.54, 1.807) is 18.3 Å². The summed E-state index contributed by atoms with van der Waals surface area (Å²) >= 11 is 2.21. The molecule has 0 fully saturated rings. The highest BCUT2D eigenvalue weighted by Crippen LogP contribution is 2.06. The Morgan fingerprint density at radius 2 is 1.93 bits per heavy atom. The summed E-state index contributed by atoms with van der Waals surface area (Å²) in [4.78, 5) is 0. The maximum Gasteiger partial charge on any atom is 0.123 e. The molecule has 1 aromatic carbocycles. The van der Waals surface area contributed by atoms with E-state index in [9.17, 15) is 4.39 Å². The van der Waals surface area contributed by atoms with Gasteiger partial charge in [-0.2, -0.15) is 5.10 Å². The first kappa shape index (κ1) is 12.4. The van der Waals surface area contributed by atoms with Gasteiger partial charge in [-0.1, -0.05) is 12.1 Å². The van der Waals surface area contributed by atoms with E-state index in [1.165, 1.54) is 12.1 Å². The van der Waals surface area contributed by atoms with Crippen molar-refractivity contribution in [1.82, 2.24) is 9.78 Å². The number of nitrogens with zero attached hydrogens (tertiary/aromatic N) is 2. The normalized spacial score (nSPS) is 9.73. The molecule has 0 N–H and O–H groups in total. The number of hydrogen-bond acceptors (Lipinski definition) is 1. The van der Waals surface area contributed by atoms with Gasteiger partial charge >= 0.3 is 0 Å². The van der Waals surface area contributed by atoms with E-state index in [1.807, 2.05) is 10.9 Å². The predicted octanol–water partition coefficient (Wildman–Crippen LogP) is 3.10. The lowest BCUT2D eigenvalue weighted by molar-refractivity contribution is 0.624. The first-order valence-corrected chi connectivity index (χ1v) is 5.24. The summed E-state index contributed by atoms with van der Waals surface area (Å²) in [7, 11) is 0. The summed E-state index contributed by atoms with van der Waals surface area (Å²) in [5.41, 5.74) is 1.05. The van der Waals surface area contributed by atoms with Crippen molar-refractivity contribution in [2.24, 2.45) is 0 Å². The Labute approximate surface area is 107 Å². The van der Waals surface area contributed by atoms with Crippen molar-refractivity contribution >= 4 is 35.0 Å². The van der Waals surface area contributed by atoms with Gasteiger partial charge in [0, 0.05) is 6.20 Å². The standard InChI is InChI=1S/C10H8FIN2.ClH/c11-9-3-1-8(2-4-9)6-14-7-10(12)5-13-14;/h1-5,7H,6H2;1H. The van der Waals surface area contributed by atoms with E-state index in [2.05, 4.69) is 27.7 Å². The van der Waals surface area contributed by atoms with Gasteiger partial charge in [-0.15, -0.1) is 12.4 Å². The van der Waals surface area contributed by atoms with Crippen LogP contribution in [-0.4, -0.2) is 9.78 Å². The van der Waals surface area contributed by atoms with Crippen LogP contribution in [0.25, 0.3) is 0 Å². The van der Waals surface area contributed by atoms with Crippen molar-refractivity contribution in [3.05, 3.63) is 51.6 Å². The maximum atomic E-state index is 12.6. The zero-order valence-electron chi connectivity index (χ0n) is 7.73. The number of halogens is 3. The Hall–Kier alpha value is -0.620. The minimum absolute atomic E-state index is 0. The number of hydrogen-bond donors (Lipinski definition) is 0. The Morgan fingerprint density at radius 1 is 1.27 bits per heavy atom. The molecule has 1 aromatic heterocycles. The number of benzene rings is 1. The molecule has 2 aromatic rings. The van der Waals surface area contributed by atoms with Gasteiger partial charge < -0.3 is 0 Å². The molecule has 80 valence electrons. The van der Waals surface area contributed by atoms with Gasteiger partial charge in [0.15, 0.2) is 0 Å². The largest absolute Gasteiger partial charge is 0.267 e. The van der Waals surface area contributed by atoms with Crippen LogP contribution in [0.2, 0.25) is 0 Å². The summed E-state index contributed by atoms with van der Waals surface area (Å²) in [6.07, 6.45) is 3.74. The van der Waals surface area contributed by atoms with Crippen LogP contribution in [0.4, 0.5) is 4.39 Å². The van der Waals surface area contributed by atoms with Crippen LogP contribution < -0.4 is 0 Å². The van der Waals surface area contributed by atoms with Crippen LogP contribution in [0, 0.1) is 9.39 Å². The molecular formula is C10H9ClFIN2. The highest BCUT2D eigenvalue weighted by atomic mass is 127. The smallest absolute Gasteiger partial charge is 0.123 e. The highest BCUT2D eigenvalue weighted by Gasteiger charge is 1.97. The molecule has 0 aliphatic rings. The average molecular weight is 339 g/mol. The fourth-order valence-corrected chi connectivity index (χ4v) is 1.65. The van der Waals surface area contributed by atoms with Gasteiger partial charge in [0.05, 0.1) is 16.3 Å². The second-order valence-electron chi connectivity index (χ2n) is 2.98. The minimum atomic E-state index is -0.205. The molecule has 0 saturated carbocycles. The molecule has 0 atom stereocenters. The third kappa shape index (κ3) is 3.46. The van der Waals surface area contributed by atoms with E-state index in [-0.39, 0.29) is 18.2 Å². The third-order valence-electron chi connectivity index (χ3n) is 1.86. The molecule has 15 heavy (non-hydrogen) atoms.